The first-order chi connectivity index (χ1) is 16.0. The molecule has 3 aromatic rings. The molecule has 1 aromatic heterocycles. The van der Waals surface area contributed by atoms with Crippen LogP contribution in [0.15, 0.2) is 67.0 Å². The molecule has 1 aliphatic rings. The lowest BCUT2D eigenvalue weighted by Gasteiger charge is -2.33. The van der Waals surface area contributed by atoms with Crippen molar-refractivity contribution in [1.29, 1.82) is 0 Å². The van der Waals surface area contributed by atoms with E-state index >= 15 is 0 Å². The minimum absolute atomic E-state index is 0.204. The Morgan fingerprint density at radius 1 is 1.09 bits per heavy atom. The van der Waals surface area contributed by atoms with Crippen LogP contribution in [-0.4, -0.2) is 36.6 Å². The number of benzene rings is 2. The van der Waals surface area contributed by atoms with Gasteiger partial charge in [0.05, 0.1) is 18.0 Å². The van der Waals surface area contributed by atoms with Gasteiger partial charge in [0.2, 0.25) is 0 Å². The lowest BCUT2D eigenvalue weighted by Crippen LogP contribution is -2.35. The molecular formula is C26H28N4O3. The number of nitrogen functional groups attached to an aromatic ring is 1. The quantitative estimate of drug-likeness (QED) is 0.424. The van der Waals surface area contributed by atoms with Crippen LogP contribution in [0.3, 0.4) is 0 Å². The minimum atomic E-state index is -0.609. The Hall–Kier alpha value is -3.87. The van der Waals surface area contributed by atoms with Gasteiger partial charge >= 0.3 is 6.09 Å². The molecule has 1 fully saturated rings. The number of carbonyl (C=O) groups is 2. The lowest BCUT2D eigenvalue weighted by atomic mass is 9.97. The maximum Gasteiger partial charge on any atom is 0.411 e. The van der Waals surface area contributed by atoms with Gasteiger partial charge in [0.15, 0.2) is 5.78 Å². The molecule has 2 aromatic carbocycles. The molecule has 33 heavy (non-hydrogen) atoms. The molecule has 0 aliphatic carbocycles. The van der Waals surface area contributed by atoms with E-state index in [1.807, 2.05) is 37.3 Å². The topological polar surface area (TPSA) is 97.5 Å². The molecule has 0 atom stereocenters. The van der Waals surface area contributed by atoms with Crippen LogP contribution in [0.2, 0.25) is 0 Å². The van der Waals surface area contributed by atoms with Crippen molar-refractivity contribution in [3.63, 3.8) is 0 Å². The van der Waals surface area contributed by atoms with Crippen molar-refractivity contribution < 1.29 is 14.3 Å². The first-order valence-electron chi connectivity index (χ1n) is 11.1. The summed E-state index contributed by atoms with van der Waals surface area (Å²) in [5.41, 5.74) is 9.70. The Labute approximate surface area is 193 Å². The molecule has 7 nitrogen and oxygen atoms in total. The summed E-state index contributed by atoms with van der Waals surface area (Å²) in [7, 11) is 0. The first-order valence-corrected chi connectivity index (χ1v) is 11.1. The second kappa shape index (κ2) is 10.2. The molecule has 0 radical (unpaired) electrons. The van der Waals surface area contributed by atoms with E-state index in [4.69, 9.17) is 10.5 Å². The molecule has 2 heterocycles. The normalized spacial score (nSPS) is 14.0. The van der Waals surface area contributed by atoms with Gasteiger partial charge < -0.3 is 15.4 Å². The molecule has 170 valence electrons. The zero-order chi connectivity index (χ0) is 23.2. The summed E-state index contributed by atoms with van der Waals surface area (Å²) >= 11 is 0. The van der Waals surface area contributed by atoms with Gasteiger partial charge in [-0.2, -0.15) is 0 Å². The summed E-state index contributed by atoms with van der Waals surface area (Å²) in [5, 5.41) is 2.69. The number of rotatable bonds is 6. The monoisotopic (exact) mass is 444 g/mol. The fourth-order valence-electron chi connectivity index (χ4n) is 4.09. The highest BCUT2D eigenvalue weighted by Crippen LogP contribution is 2.27. The van der Waals surface area contributed by atoms with E-state index in [1.165, 1.54) is 0 Å². The summed E-state index contributed by atoms with van der Waals surface area (Å²) in [4.78, 5) is 32.0. The third-order valence-corrected chi connectivity index (χ3v) is 5.94. The van der Waals surface area contributed by atoms with E-state index < -0.39 is 6.09 Å². The van der Waals surface area contributed by atoms with Crippen LogP contribution in [0, 0.1) is 12.8 Å². The average Bonchev–Trinajstić information content (AvgIpc) is 2.84. The zero-order valence-corrected chi connectivity index (χ0v) is 18.7. The van der Waals surface area contributed by atoms with Crippen LogP contribution in [0.4, 0.5) is 21.9 Å². The third kappa shape index (κ3) is 5.49. The number of nitrogens with two attached hydrogens (primary N) is 1. The van der Waals surface area contributed by atoms with Crippen molar-refractivity contribution in [2.45, 2.75) is 19.8 Å². The number of nitrogens with zero attached hydrogens (tertiary/aromatic N) is 2. The number of amides is 1. The average molecular weight is 445 g/mol. The van der Waals surface area contributed by atoms with Crippen molar-refractivity contribution >= 4 is 28.9 Å². The molecule has 3 N–H and O–H groups in total. The van der Waals surface area contributed by atoms with Gasteiger partial charge in [0.1, 0.15) is 0 Å². The number of pyridine rings is 1. The second-order valence-corrected chi connectivity index (χ2v) is 8.33. The molecule has 7 heteroatoms. The van der Waals surface area contributed by atoms with Gasteiger partial charge in [0.25, 0.3) is 0 Å². The van der Waals surface area contributed by atoms with Crippen molar-refractivity contribution in [2.75, 3.05) is 35.6 Å². The number of aryl methyl sites for hydroxylation is 1. The molecule has 1 saturated heterocycles. The van der Waals surface area contributed by atoms with E-state index in [0.717, 1.165) is 37.2 Å². The predicted molar refractivity (Wildman–Crippen MR) is 130 cm³/mol. The van der Waals surface area contributed by atoms with E-state index in [1.54, 1.807) is 36.7 Å². The minimum Gasteiger partial charge on any atom is -0.449 e. The Morgan fingerprint density at radius 3 is 2.55 bits per heavy atom. The molecule has 1 aliphatic heterocycles. The number of piperidine rings is 1. The second-order valence-electron chi connectivity index (χ2n) is 8.33. The van der Waals surface area contributed by atoms with Crippen molar-refractivity contribution in [2.24, 2.45) is 5.92 Å². The summed E-state index contributed by atoms with van der Waals surface area (Å²) in [6, 6.07) is 16.3. The SMILES string of the molecule is Cc1cccc(C(=O)c2cccc(N)c2NC(=O)OCC2CCN(c3ccncc3)CC2)c1. The van der Waals surface area contributed by atoms with Crippen molar-refractivity contribution in [1.82, 2.24) is 4.98 Å². The van der Waals surface area contributed by atoms with E-state index in [-0.39, 0.29) is 17.4 Å². The Bertz CT molecular complexity index is 1130. The number of ether oxygens (including phenoxy) is 1. The van der Waals surface area contributed by atoms with Crippen molar-refractivity contribution in [3.05, 3.63) is 83.7 Å². The van der Waals surface area contributed by atoms with E-state index in [0.29, 0.717) is 23.4 Å². The Kier molecular flexibility index (Phi) is 6.88. The van der Waals surface area contributed by atoms with E-state index in [9.17, 15) is 9.59 Å². The summed E-state index contributed by atoms with van der Waals surface area (Å²) in [6.45, 7) is 4.05. The van der Waals surface area contributed by atoms with Gasteiger partial charge in [0, 0.05) is 42.3 Å². The van der Waals surface area contributed by atoms with Gasteiger partial charge in [-0.3, -0.25) is 15.1 Å². The fraction of sp³-hybridized carbons (Fsp3) is 0.269. The van der Waals surface area contributed by atoms with Crippen LogP contribution in [0.1, 0.15) is 34.3 Å². The molecule has 0 saturated carbocycles. The predicted octanol–water partition coefficient (Wildman–Crippen LogP) is 4.67. The summed E-state index contributed by atoms with van der Waals surface area (Å²) in [6.07, 6.45) is 4.84. The van der Waals surface area contributed by atoms with Gasteiger partial charge in [-0.05, 0) is 56.0 Å². The van der Waals surface area contributed by atoms with Crippen LogP contribution in [0.5, 0.6) is 0 Å². The smallest absolute Gasteiger partial charge is 0.411 e. The Morgan fingerprint density at radius 2 is 1.82 bits per heavy atom. The van der Waals surface area contributed by atoms with Gasteiger partial charge in [-0.15, -0.1) is 0 Å². The zero-order valence-electron chi connectivity index (χ0n) is 18.7. The maximum absolute atomic E-state index is 13.0. The lowest BCUT2D eigenvalue weighted by molar-refractivity contribution is 0.103. The number of nitrogens with one attached hydrogen (secondary N) is 1. The highest BCUT2D eigenvalue weighted by molar-refractivity contribution is 6.15. The first kappa shape index (κ1) is 22.3. The van der Waals surface area contributed by atoms with Gasteiger partial charge in [-0.1, -0.05) is 29.8 Å². The van der Waals surface area contributed by atoms with Crippen LogP contribution < -0.4 is 16.0 Å². The van der Waals surface area contributed by atoms with Crippen LogP contribution in [-0.2, 0) is 4.74 Å². The number of ketones is 1. The molecule has 4 rings (SSSR count). The molecular weight excluding hydrogens is 416 g/mol. The van der Waals surface area contributed by atoms with E-state index in [2.05, 4.69) is 15.2 Å². The number of aromatic nitrogens is 1. The number of anilines is 3. The highest BCUT2D eigenvalue weighted by Gasteiger charge is 2.22. The van der Waals surface area contributed by atoms with Gasteiger partial charge in [-0.25, -0.2) is 4.79 Å². The number of hydrogen-bond donors (Lipinski definition) is 2. The summed E-state index contributed by atoms with van der Waals surface area (Å²) < 4.78 is 5.50. The van der Waals surface area contributed by atoms with Crippen LogP contribution in [0.25, 0.3) is 0 Å². The molecule has 0 spiro atoms. The summed E-state index contributed by atoms with van der Waals surface area (Å²) in [5.74, 6) is 0.0835. The molecule has 0 bridgehead atoms. The van der Waals surface area contributed by atoms with Crippen LogP contribution >= 0.6 is 0 Å². The van der Waals surface area contributed by atoms with Crippen molar-refractivity contribution in [3.8, 4) is 0 Å². The maximum atomic E-state index is 13.0. The number of hydrogen-bond acceptors (Lipinski definition) is 6. The highest BCUT2D eigenvalue weighted by atomic mass is 16.5. The third-order valence-electron chi connectivity index (χ3n) is 5.94. The number of para-hydroxylation sites is 1. The molecule has 1 amide bonds. The molecule has 0 unspecified atom stereocenters. The largest absolute Gasteiger partial charge is 0.449 e. The number of carbonyl (C=O) groups excluding carboxylic acids is 2. The Balaban J connectivity index is 1.35. The standard InChI is InChI=1S/C26H28N4O3/c1-18-4-2-5-20(16-18)25(31)22-6-3-7-23(27)24(22)29-26(32)33-17-19-10-14-30(15-11-19)21-8-12-28-13-9-21/h2-9,12-13,16,19H,10-11,14-15,17,27H2,1H3,(H,29,32). The fourth-order valence-corrected chi connectivity index (χ4v) is 4.09.